The quantitative estimate of drug-likeness (QED) is 0.259. The first-order valence-corrected chi connectivity index (χ1v) is 16.0. The number of Topliss-reactive ketones (excluding diaryl/α,β-unsaturated/α-hetero) is 1. The largest absolute Gasteiger partial charge is 0.494 e. The summed E-state index contributed by atoms with van der Waals surface area (Å²) >= 11 is 0. The minimum absolute atomic E-state index is 0.0625. The minimum atomic E-state index is -0.242. The number of likely N-dealkylation sites (tertiary alicyclic amines) is 1. The Kier molecular flexibility index (Phi) is 9.22. The summed E-state index contributed by atoms with van der Waals surface area (Å²) in [5.41, 5.74) is 7.44. The zero-order chi connectivity index (χ0) is 30.5. The van der Waals surface area contributed by atoms with Gasteiger partial charge in [-0.05, 0) is 90.7 Å². The maximum atomic E-state index is 13.1. The van der Waals surface area contributed by atoms with Crippen LogP contribution in [0.4, 0.5) is 0 Å². The molecule has 1 saturated heterocycles. The van der Waals surface area contributed by atoms with Crippen LogP contribution in [0.5, 0.6) is 5.75 Å². The zero-order valence-corrected chi connectivity index (χ0v) is 25.9. The van der Waals surface area contributed by atoms with E-state index in [1.54, 1.807) is 29.2 Å². The van der Waals surface area contributed by atoms with Crippen molar-refractivity contribution >= 4 is 17.8 Å². The first kappa shape index (κ1) is 29.8. The Morgan fingerprint density at radius 1 is 1.05 bits per heavy atom. The Bertz CT molecular complexity index is 1600. The molecular weight excluding hydrogens is 548 g/mol. The number of carbonyl (C=O) groups excluding carboxylic acids is 2. The van der Waals surface area contributed by atoms with Crippen molar-refractivity contribution in [1.29, 1.82) is 0 Å². The number of carbonyl (C=O) groups is 2. The second kappa shape index (κ2) is 13.6. The lowest BCUT2D eigenvalue weighted by Crippen LogP contribution is -2.31. The Morgan fingerprint density at radius 3 is 2.66 bits per heavy atom. The molecule has 0 saturated carbocycles. The van der Waals surface area contributed by atoms with Gasteiger partial charge in [-0.2, -0.15) is 5.10 Å². The molecule has 228 valence electrons. The van der Waals surface area contributed by atoms with Gasteiger partial charge in [0.25, 0.3) is 5.91 Å². The van der Waals surface area contributed by atoms with E-state index in [0.717, 1.165) is 35.4 Å². The number of ether oxygens (including phenoxy) is 1. The van der Waals surface area contributed by atoms with Crippen LogP contribution in [0.1, 0.15) is 84.5 Å². The van der Waals surface area contributed by atoms with Crippen molar-refractivity contribution in [3.63, 3.8) is 0 Å². The number of ketones is 1. The molecule has 2 aliphatic carbocycles. The van der Waals surface area contributed by atoms with Gasteiger partial charge in [-0.25, -0.2) is 0 Å². The van der Waals surface area contributed by atoms with Gasteiger partial charge in [-0.15, -0.1) is 0 Å². The normalized spacial score (nSPS) is 16.8. The van der Waals surface area contributed by atoms with Crippen molar-refractivity contribution in [3.05, 3.63) is 112 Å². The van der Waals surface area contributed by atoms with Crippen molar-refractivity contribution in [3.8, 4) is 5.75 Å². The van der Waals surface area contributed by atoms with E-state index in [9.17, 15) is 9.59 Å². The summed E-state index contributed by atoms with van der Waals surface area (Å²) in [6, 6.07) is 14.7. The summed E-state index contributed by atoms with van der Waals surface area (Å²) < 4.78 is 7.84. The number of nitrogens with one attached hydrogen (secondary N) is 1. The van der Waals surface area contributed by atoms with Crippen LogP contribution < -0.4 is 10.1 Å². The highest BCUT2D eigenvalue weighted by Gasteiger charge is 2.24. The lowest BCUT2D eigenvalue weighted by atomic mass is 9.93. The highest BCUT2D eigenvalue weighted by molar-refractivity contribution is 6.04. The van der Waals surface area contributed by atoms with Crippen molar-refractivity contribution in [2.75, 3.05) is 26.2 Å². The van der Waals surface area contributed by atoms with Gasteiger partial charge >= 0.3 is 0 Å². The molecule has 3 aliphatic rings. The second-order valence-electron chi connectivity index (χ2n) is 12.4. The van der Waals surface area contributed by atoms with Crippen LogP contribution in [0.3, 0.4) is 0 Å². The SMILES string of the molecule is CC(C)c1ccc(Cn2cc(C(=O)NC3=CCC(=O)C(C4=Cc5cc(OCCCN6CCCCC6)ccc5C4)=C3)cn2)cc1. The van der Waals surface area contributed by atoms with Crippen molar-refractivity contribution in [1.82, 2.24) is 20.0 Å². The van der Waals surface area contributed by atoms with Gasteiger partial charge in [0.15, 0.2) is 5.78 Å². The number of hydrogen-bond acceptors (Lipinski definition) is 5. The molecule has 1 aliphatic heterocycles. The van der Waals surface area contributed by atoms with E-state index in [1.165, 1.54) is 43.5 Å². The molecule has 0 unspecified atom stereocenters. The van der Waals surface area contributed by atoms with Crippen LogP contribution in [-0.2, 0) is 17.8 Å². The van der Waals surface area contributed by atoms with E-state index in [-0.39, 0.29) is 18.1 Å². The molecule has 0 spiro atoms. The molecule has 1 amide bonds. The molecule has 3 aromatic rings. The molecule has 2 aromatic carbocycles. The molecule has 1 aromatic heterocycles. The number of rotatable bonds is 11. The number of benzene rings is 2. The Labute approximate surface area is 260 Å². The number of nitrogens with zero attached hydrogens (tertiary/aromatic N) is 3. The van der Waals surface area contributed by atoms with E-state index in [0.29, 0.717) is 42.3 Å². The second-order valence-corrected chi connectivity index (χ2v) is 12.4. The fraction of sp³-hybridized carbons (Fsp3) is 0.378. The topological polar surface area (TPSA) is 76.5 Å². The van der Waals surface area contributed by atoms with Gasteiger partial charge in [0.05, 0.1) is 24.9 Å². The zero-order valence-electron chi connectivity index (χ0n) is 25.9. The van der Waals surface area contributed by atoms with Crippen molar-refractivity contribution in [2.45, 2.75) is 64.8 Å². The summed E-state index contributed by atoms with van der Waals surface area (Å²) in [6.45, 7) is 9.15. The van der Waals surface area contributed by atoms with Crippen LogP contribution in [-0.4, -0.2) is 52.6 Å². The summed E-state index contributed by atoms with van der Waals surface area (Å²) in [6.07, 6.45) is 15.0. The molecular formula is C37H42N4O3. The molecule has 1 N–H and O–H groups in total. The van der Waals surface area contributed by atoms with Crippen LogP contribution in [0.2, 0.25) is 0 Å². The molecule has 0 radical (unpaired) electrons. The fourth-order valence-electron chi connectivity index (χ4n) is 6.17. The maximum Gasteiger partial charge on any atom is 0.258 e. The summed E-state index contributed by atoms with van der Waals surface area (Å²) in [7, 11) is 0. The van der Waals surface area contributed by atoms with Gasteiger partial charge in [0.2, 0.25) is 0 Å². The molecule has 1 fully saturated rings. The third kappa shape index (κ3) is 7.28. The predicted octanol–water partition coefficient (Wildman–Crippen LogP) is 6.46. The molecule has 0 atom stereocenters. The van der Waals surface area contributed by atoms with E-state index < -0.39 is 0 Å². The highest BCUT2D eigenvalue weighted by Crippen LogP contribution is 2.34. The van der Waals surface area contributed by atoms with E-state index >= 15 is 0 Å². The molecule has 6 rings (SSSR count). The maximum absolute atomic E-state index is 13.1. The number of amides is 1. The smallest absolute Gasteiger partial charge is 0.258 e. The molecule has 7 heteroatoms. The van der Waals surface area contributed by atoms with Gasteiger partial charge in [-0.3, -0.25) is 14.3 Å². The third-order valence-electron chi connectivity index (χ3n) is 8.76. The monoisotopic (exact) mass is 590 g/mol. The Hall–Kier alpha value is -4.23. The molecule has 0 bridgehead atoms. The van der Waals surface area contributed by atoms with Gasteiger partial charge in [0.1, 0.15) is 5.75 Å². The first-order valence-electron chi connectivity index (χ1n) is 16.0. The minimum Gasteiger partial charge on any atom is -0.494 e. The molecule has 44 heavy (non-hydrogen) atoms. The summed E-state index contributed by atoms with van der Waals surface area (Å²) in [5.74, 6) is 1.17. The predicted molar refractivity (Wildman–Crippen MR) is 174 cm³/mol. The van der Waals surface area contributed by atoms with Gasteiger partial charge in [0, 0.05) is 30.4 Å². The third-order valence-corrected chi connectivity index (χ3v) is 8.76. The highest BCUT2D eigenvalue weighted by atomic mass is 16.5. The number of aromatic nitrogens is 2. The van der Waals surface area contributed by atoms with E-state index in [1.807, 2.05) is 6.07 Å². The molecule has 7 nitrogen and oxygen atoms in total. The lowest BCUT2D eigenvalue weighted by Gasteiger charge is -2.26. The summed E-state index contributed by atoms with van der Waals surface area (Å²) in [4.78, 5) is 28.5. The van der Waals surface area contributed by atoms with Gasteiger partial charge in [-0.1, -0.05) is 62.8 Å². The van der Waals surface area contributed by atoms with Crippen molar-refractivity contribution < 1.29 is 14.3 Å². The Morgan fingerprint density at radius 2 is 1.86 bits per heavy atom. The fourth-order valence-corrected chi connectivity index (χ4v) is 6.17. The average Bonchev–Trinajstić information content (AvgIpc) is 3.68. The van der Waals surface area contributed by atoms with E-state index in [4.69, 9.17) is 4.74 Å². The average molecular weight is 591 g/mol. The van der Waals surface area contributed by atoms with Crippen molar-refractivity contribution in [2.24, 2.45) is 0 Å². The number of hydrogen-bond donors (Lipinski definition) is 1. The summed E-state index contributed by atoms with van der Waals surface area (Å²) in [5, 5.41) is 7.37. The van der Waals surface area contributed by atoms with Crippen LogP contribution in [0.25, 0.3) is 6.08 Å². The standard InChI is InChI=1S/C37H42N4O3/c1-26(2)28-9-7-27(8-10-28)24-41-25-32(23-38-41)37(43)39-33-12-14-36(42)35(22-33)31-19-29-11-13-34(21-30(29)20-31)44-18-6-17-40-15-4-3-5-16-40/h7-13,20-23,25-26H,3-6,14-19,24H2,1-2H3,(H,39,43). The van der Waals surface area contributed by atoms with Gasteiger partial charge < -0.3 is 15.0 Å². The Balaban J connectivity index is 1.05. The number of allylic oxidation sites excluding steroid dienone is 4. The molecule has 2 heterocycles. The van der Waals surface area contributed by atoms with Crippen LogP contribution in [0.15, 0.2) is 83.9 Å². The van der Waals surface area contributed by atoms with Crippen LogP contribution in [0, 0.1) is 0 Å². The first-order chi connectivity index (χ1) is 21.4. The lowest BCUT2D eigenvalue weighted by molar-refractivity contribution is -0.114. The van der Waals surface area contributed by atoms with E-state index in [2.05, 4.69) is 71.6 Å². The number of piperidine rings is 1. The number of fused-ring (bicyclic) bond motifs is 1. The van der Waals surface area contributed by atoms with Crippen LogP contribution >= 0.6 is 0 Å².